The smallest absolute Gasteiger partial charge is 0.135 e. The third kappa shape index (κ3) is 4.08. The maximum atomic E-state index is 4.69. The molecular weight excluding hydrogens is 236 g/mol. The molecule has 0 saturated heterocycles. The van der Waals surface area contributed by atoms with Gasteiger partial charge in [-0.1, -0.05) is 20.8 Å². The normalized spacial score (nSPS) is 11.8. The van der Waals surface area contributed by atoms with E-state index < -0.39 is 0 Å². The van der Waals surface area contributed by atoms with Crippen molar-refractivity contribution in [3.63, 3.8) is 0 Å². The molecule has 0 fully saturated rings. The van der Waals surface area contributed by atoms with Gasteiger partial charge in [0.2, 0.25) is 0 Å². The first-order valence-electron chi connectivity index (χ1n) is 7.21. The minimum absolute atomic E-state index is 0.0385. The molecule has 4 heteroatoms. The first-order valence-corrected chi connectivity index (χ1v) is 7.21. The van der Waals surface area contributed by atoms with Crippen molar-refractivity contribution in [2.75, 3.05) is 17.2 Å². The molecule has 4 nitrogen and oxygen atoms in total. The monoisotopic (exact) mass is 264 g/mol. The van der Waals surface area contributed by atoms with Gasteiger partial charge in [-0.2, -0.15) is 0 Å². The minimum Gasteiger partial charge on any atom is -0.370 e. The second kappa shape index (κ2) is 6.22. The van der Waals surface area contributed by atoms with Crippen LogP contribution in [0.3, 0.4) is 0 Å². The van der Waals surface area contributed by atoms with E-state index in [1.165, 1.54) is 0 Å². The van der Waals surface area contributed by atoms with E-state index in [0.717, 1.165) is 36.0 Å². The Balaban J connectivity index is 3.21. The topological polar surface area (TPSA) is 49.8 Å². The molecule has 0 aliphatic carbocycles. The van der Waals surface area contributed by atoms with E-state index in [9.17, 15) is 0 Å². The molecule has 1 aromatic rings. The van der Waals surface area contributed by atoms with Gasteiger partial charge in [0.1, 0.15) is 17.5 Å². The van der Waals surface area contributed by atoms with Crippen LogP contribution >= 0.6 is 0 Å². The standard InChI is InChI=1S/C15H28N4/c1-8-15(6,7)19-14-11(5)13(16-9-2)17-12(18-14)10(3)4/h10H,8-9H2,1-7H3,(H2,16,17,18,19). The number of nitrogens with zero attached hydrogens (tertiary/aromatic N) is 2. The van der Waals surface area contributed by atoms with Crippen LogP contribution in [0.2, 0.25) is 0 Å². The Morgan fingerprint density at radius 2 is 1.68 bits per heavy atom. The van der Waals surface area contributed by atoms with Crippen LogP contribution in [-0.4, -0.2) is 22.1 Å². The van der Waals surface area contributed by atoms with Gasteiger partial charge in [0.15, 0.2) is 0 Å². The van der Waals surface area contributed by atoms with Crippen LogP contribution in [0.1, 0.15) is 65.3 Å². The average Bonchev–Trinajstić information content (AvgIpc) is 2.33. The summed E-state index contributed by atoms with van der Waals surface area (Å²) in [5.41, 5.74) is 1.13. The van der Waals surface area contributed by atoms with Crippen molar-refractivity contribution in [2.45, 2.75) is 66.3 Å². The molecule has 0 aliphatic rings. The Morgan fingerprint density at radius 3 is 2.16 bits per heavy atom. The highest BCUT2D eigenvalue weighted by atomic mass is 15.1. The number of hydrogen-bond donors (Lipinski definition) is 2. The minimum atomic E-state index is 0.0385. The molecule has 1 rings (SSSR count). The summed E-state index contributed by atoms with van der Waals surface area (Å²) in [4.78, 5) is 9.30. The highest BCUT2D eigenvalue weighted by Gasteiger charge is 2.19. The van der Waals surface area contributed by atoms with Crippen LogP contribution in [0.5, 0.6) is 0 Å². The zero-order chi connectivity index (χ0) is 14.6. The predicted molar refractivity (Wildman–Crippen MR) is 83.0 cm³/mol. The second-order valence-corrected chi connectivity index (χ2v) is 5.95. The van der Waals surface area contributed by atoms with E-state index in [-0.39, 0.29) is 5.54 Å². The van der Waals surface area contributed by atoms with E-state index in [0.29, 0.717) is 5.92 Å². The summed E-state index contributed by atoms with van der Waals surface area (Å²) in [6.07, 6.45) is 1.05. The number of anilines is 2. The van der Waals surface area contributed by atoms with Crippen molar-refractivity contribution in [1.82, 2.24) is 9.97 Å². The van der Waals surface area contributed by atoms with Gasteiger partial charge in [-0.3, -0.25) is 0 Å². The summed E-state index contributed by atoms with van der Waals surface area (Å²) in [6.45, 7) is 15.8. The maximum Gasteiger partial charge on any atom is 0.135 e. The molecule has 0 aliphatic heterocycles. The molecule has 0 saturated carbocycles. The summed E-state index contributed by atoms with van der Waals surface area (Å²) >= 11 is 0. The Kier molecular flexibility index (Phi) is 5.15. The van der Waals surface area contributed by atoms with Gasteiger partial charge >= 0.3 is 0 Å². The van der Waals surface area contributed by atoms with Gasteiger partial charge in [-0.15, -0.1) is 0 Å². The fourth-order valence-electron chi connectivity index (χ4n) is 1.66. The molecule has 0 spiro atoms. The lowest BCUT2D eigenvalue weighted by Gasteiger charge is -2.27. The van der Waals surface area contributed by atoms with E-state index in [4.69, 9.17) is 0 Å². The molecule has 108 valence electrons. The summed E-state index contributed by atoms with van der Waals surface area (Å²) in [5, 5.41) is 6.86. The summed E-state index contributed by atoms with van der Waals surface area (Å²) < 4.78 is 0. The van der Waals surface area contributed by atoms with Gasteiger partial charge < -0.3 is 10.6 Å². The second-order valence-electron chi connectivity index (χ2n) is 5.95. The predicted octanol–water partition coefficient (Wildman–Crippen LogP) is 3.94. The number of rotatable bonds is 6. The summed E-state index contributed by atoms with van der Waals surface area (Å²) in [5.74, 6) is 3.09. The SMILES string of the molecule is CCNc1nc(C(C)C)nc(NC(C)(C)CC)c1C. The van der Waals surface area contributed by atoms with Crippen molar-refractivity contribution < 1.29 is 0 Å². The Labute approximate surface area is 117 Å². The molecule has 0 bridgehead atoms. The van der Waals surface area contributed by atoms with Crippen molar-refractivity contribution in [2.24, 2.45) is 0 Å². The van der Waals surface area contributed by atoms with Crippen molar-refractivity contribution >= 4 is 11.6 Å². The van der Waals surface area contributed by atoms with Crippen LogP contribution in [-0.2, 0) is 0 Å². The quantitative estimate of drug-likeness (QED) is 0.817. The lowest BCUT2D eigenvalue weighted by atomic mass is 10.0. The van der Waals surface area contributed by atoms with Crippen LogP contribution in [0.4, 0.5) is 11.6 Å². The number of aromatic nitrogens is 2. The van der Waals surface area contributed by atoms with Gasteiger partial charge in [-0.25, -0.2) is 9.97 Å². The van der Waals surface area contributed by atoms with E-state index in [1.807, 2.05) is 0 Å². The third-order valence-corrected chi connectivity index (χ3v) is 3.36. The van der Waals surface area contributed by atoms with Gasteiger partial charge in [0.25, 0.3) is 0 Å². The van der Waals surface area contributed by atoms with Crippen LogP contribution in [0, 0.1) is 6.92 Å². The molecule has 2 N–H and O–H groups in total. The van der Waals surface area contributed by atoms with E-state index in [1.54, 1.807) is 0 Å². The van der Waals surface area contributed by atoms with Crippen molar-refractivity contribution in [1.29, 1.82) is 0 Å². The largest absolute Gasteiger partial charge is 0.370 e. The zero-order valence-electron chi connectivity index (χ0n) is 13.4. The lowest BCUT2D eigenvalue weighted by molar-refractivity contribution is 0.543. The number of nitrogens with one attached hydrogen (secondary N) is 2. The van der Waals surface area contributed by atoms with E-state index in [2.05, 4.69) is 69.1 Å². The average molecular weight is 264 g/mol. The highest BCUT2D eigenvalue weighted by molar-refractivity contribution is 5.58. The molecule has 1 heterocycles. The first-order chi connectivity index (χ1) is 8.80. The third-order valence-electron chi connectivity index (χ3n) is 3.36. The van der Waals surface area contributed by atoms with Crippen molar-refractivity contribution in [3.05, 3.63) is 11.4 Å². The fourth-order valence-corrected chi connectivity index (χ4v) is 1.66. The molecule has 0 unspecified atom stereocenters. The van der Waals surface area contributed by atoms with Crippen LogP contribution < -0.4 is 10.6 Å². The molecule has 0 aromatic carbocycles. The van der Waals surface area contributed by atoms with Gasteiger partial charge in [-0.05, 0) is 34.1 Å². The fraction of sp³-hybridized carbons (Fsp3) is 0.733. The van der Waals surface area contributed by atoms with E-state index >= 15 is 0 Å². The first kappa shape index (κ1) is 15.7. The molecule has 0 atom stereocenters. The molecule has 1 aromatic heterocycles. The molecule has 0 amide bonds. The Morgan fingerprint density at radius 1 is 1.11 bits per heavy atom. The van der Waals surface area contributed by atoms with Crippen molar-refractivity contribution in [3.8, 4) is 0 Å². The Hall–Kier alpha value is -1.32. The summed E-state index contributed by atoms with van der Waals surface area (Å²) in [7, 11) is 0. The maximum absolute atomic E-state index is 4.69. The lowest BCUT2D eigenvalue weighted by Crippen LogP contribution is -2.31. The van der Waals surface area contributed by atoms with Gasteiger partial charge in [0.05, 0.1) is 0 Å². The highest BCUT2D eigenvalue weighted by Crippen LogP contribution is 2.26. The van der Waals surface area contributed by atoms with Crippen LogP contribution in [0.25, 0.3) is 0 Å². The summed E-state index contributed by atoms with van der Waals surface area (Å²) in [6, 6.07) is 0. The molecule has 19 heavy (non-hydrogen) atoms. The molecular formula is C15H28N4. The zero-order valence-corrected chi connectivity index (χ0v) is 13.4. The Bertz CT molecular complexity index is 424. The number of hydrogen-bond acceptors (Lipinski definition) is 4. The van der Waals surface area contributed by atoms with Gasteiger partial charge in [0, 0.05) is 23.6 Å². The molecule has 0 radical (unpaired) electrons. The van der Waals surface area contributed by atoms with Crippen LogP contribution in [0.15, 0.2) is 0 Å².